The summed E-state index contributed by atoms with van der Waals surface area (Å²) in [6.45, 7) is 1.80. The quantitative estimate of drug-likeness (QED) is 0.844. The highest BCUT2D eigenvalue weighted by atomic mass is 79.9. The van der Waals surface area contributed by atoms with E-state index in [1.807, 2.05) is 28.9 Å². The van der Waals surface area contributed by atoms with Gasteiger partial charge in [0, 0.05) is 16.6 Å². The van der Waals surface area contributed by atoms with Crippen molar-refractivity contribution in [1.29, 1.82) is 0 Å². The van der Waals surface area contributed by atoms with Gasteiger partial charge in [-0.1, -0.05) is 15.9 Å². The fourth-order valence-electron chi connectivity index (χ4n) is 2.17. The molecule has 17 heavy (non-hydrogen) atoms. The summed E-state index contributed by atoms with van der Waals surface area (Å²) in [6.07, 6.45) is 0.956. The summed E-state index contributed by atoms with van der Waals surface area (Å²) in [6, 6.07) is 8.09. The maximum Gasteiger partial charge on any atom is 0.149 e. The minimum Gasteiger partial charge on any atom is -0.382 e. The summed E-state index contributed by atoms with van der Waals surface area (Å²) >= 11 is 3.43. The van der Waals surface area contributed by atoms with E-state index in [0.29, 0.717) is 5.82 Å². The van der Waals surface area contributed by atoms with Gasteiger partial charge in [-0.2, -0.15) is 5.10 Å². The second-order valence-corrected chi connectivity index (χ2v) is 5.04. The first-order valence-corrected chi connectivity index (χ1v) is 6.38. The van der Waals surface area contributed by atoms with E-state index in [9.17, 15) is 0 Å². The second-order valence-electron chi connectivity index (χ2n) is 4.13. The lowest BCUT2D eigenvalue weighted by molar-refractivity contribution is 0.614. The zero-order chi connectivity index (χ0) is 11.8. The molecule has 0 atom stereocenters. The number of benzene rings is 1. The van der Waals surface area contributed by atoms with Gasteiger partial charge in [-0.15, -0.1) is 0 Å². The molecule has 1 aliphatic heterocycles. The first-order chi connectivity index (χ1) is 8.25. The third-order valence-electron chi connectivity index (χ3n) is 3.04. The maximum atomic E-state index is 5.96. The average Bonchev–Trinajstić information content (AvgIpc) is 2.69. The van der Waals surface area contributed by atoms with Crippen molar-refractivity contribution in [2.45, 2.75) is 13.0 Å². The first kappa shape index (κ1) is 10.8. The van der Waals surface area contributed by atoms with Crippen molar-refractivity contribution in [3.8, 4) is 5.69 Å². The number of fused-ring (bicyclic) bond motifs is 1. The maximum absolute atomic E-state index is 5.96. The fraction of sp³-hybridized carbons (Fsp3) is 0.250. The lowest BCUT2D eigenvalue weighted by Crippen LogP contribution is -2.25. The van der Waals surface area contributed by atoms with E-state index >= 15 is 0 Å². The van der Waals surface area contributed by atoms with Gasteiger partial charge in [0.05, 0.1) is 11.4 Å². The highest BCUT2D eigenvalue weighted by molar-refractivity contribution is 9.10. The number of nitrogens with zero attached hydrogens (tertiary/aromatic N) is 2. The van der Waals surface area contributed by atoms with E-state index in [0.717, 1.165) is 29.7 Å². The van der Waals surface area contributed by atoms with Crippen molar-refractivity contribution in [2.24, 2.45) is 0 Å². The van der Waals surface area contributed by atoms with Gasteiger partial charge in [-0.25, -0.2) is 4.68 Å². The highest BCUT2D eigenvalue weighted by Crippen LogP contribution is 2.24. The number of nitrogens with two attached hydrogens (primary N) is 1. The molecule has 3 N–H and O–H groups in total. The monoisotopic (exact) mass is 292 g/mol. The summed E-state index contributed by atoms with van der Waals surface area (Å²) in [4.78, 5) is 0. The highest BCUT2D eigenvalue weighted by Gasteiger charge is 2.19. The molecule has 0 saturated carbocycles. The van der Waals surface area contributed by atoms with Crippen molar-refractivity contribution in [2.75, 3.05) is 12.3 Å². The molecule has 0 spiro atoms. The van der Waals surface area contributed by atoms with Gasteiger partial charge in [0.2, 0.25) is 0 Å². The topological polar surface area (TPSA) is 55.9 Å². The van der Waals surface area contributed by atoms with Gasteiger partial charge >= 0.3 is 0 Å². The number of nitrogens with one attached hydrogen (secondary N) is 1. The number of hydrogen-bond acceptors (Lipinski definition) is 3. The van der Waals surface area contributed by atoms with E-state index in [-0.39, 0.29) is 0 Å². The van der Waals surface area contributed by atoms with Gasteiger partial charge in [0.1, 0.15) is 5.82 Å². The molecule has 2 heterocycles. The van der Waals surface area contributed by atoms with Crippen LogP contribution in [0.2, 0.25) is 0 Å². The number of anilines is 1. The Bertz CT molecular complexity index is 544. The molecule has 0 aliphatic carbocycles. The minimum absolute atomic E-state index is 0.657. The van der Waals surface area contributed by atoms with E-state index in [1.54, 1.807) is 0 Å². The standard InChI is InChI=1S/C12H13BrN4/c13-8-1-3-9(4-2-8)17-11-7-15-6-5-10(11)12(14)16-17/h1-4,15H,5-7H2,(H2,14,16). The van der Waals surface area contributed by atoms with E-state index in [1.165, 1.54) is 11.3 Å². The molecule has 1 aliphatic rings. The molecule has 88 valence electrons. The van der Waals surface area contributed by atoms with Crippen LogP contribution in [0, 0.1) is 0 Å². The number of aromatic nitrogens is 2. The van der Waals surface area contributed by atoms with Gasteiger partial charge in [-0.3, -0.25) is 0 Å². The lowest BCUT2D eigenvalue weighted by Gasteiger charge is -2.15. The van der Waals surface area contributed by atoms with Crippen LogP contribution < -0.4 is 11.1 Å². The number of halogens is 1. The van der Waals surface area contributed by atoms with Crippen LogP contribution >= 0.6 is 15.9 Å². The Morgan fingerprint density at radius 3 is 2.82 bits per heavy atom. The van der Waals surface area contributed by atoms with Gasteiger partial charge in [-0.05, 0) is 37.2 Å². The van der Waals surface area contributed by atoms with Crippen LogP contribution in [-0.4, -0.2) is 16.3 Å². The molecule has 0 unspecified atom stereocenters. The summed E-state index contributed by atoms with van der Waals surface area (Å²) in [5.41, 5.74) is 9.37. The largest absolute Gasteiger partial charge is 0.382 e. The van der Waals surface area contributed by atoms with Crippen molar-refractivity contribution in [3.05, 3.63) is 40.0 Å². The summed E-state index contributed by atoms with van der Waals surface area (Å²) in [7, 11) is 0. The van der Waals surface area contributed by atoms with Crippen LogP contribution in [-0.2, 0) is 13.0 Å². The van der Waals surface area contributed by atoms with Gasteiger partial charge in [0.15, 0.2) is 0 Å². The summed E-state index contributed by atoms with van der Waals surface area (Å²) < 4.78 is 3.00. The molecular weight excluding hydrogens is 280 g/mol. The number of rotatable bonds is 1. The molecule has 0 radical (unpaired) electrons. The van der Waals surface area contributed by atoms with Crippen LogP contribution in [0.5, 0.6) is 0 Å². The van der Waals surface area contributed by atoms with Crippen molar-refractivity contribution in [1.82, 2.24) is 15.1 Å². The molecule has 1 aromatic carbocycles. The van der Waals surface area contributed by atoms with Crippen LogP contribution in [0.1, 0.15) is 11.3 Å². The zero-order valence-electron chi connectivity index (χ0n) is 9.28. The molecule has 0 amide bonds. The lowest BCUT2D eigenvalue weighted by atomic mass is 10.1. The SMILES string of the molecule is Nc1nn(-c2ccc(Br)cc2)c2c1CCNC2. The Hall–Kier alpha value is -1.33. The van der Waals surface area contributed by atoms with E-state index < -0.39 is 0 Å². The van der Waals surface area contributed by atoms with Crippen LogP contribution in [0.15, 0.2) is 28.7 Å². The average molecular weight is 293 g/mol. The van der Waals surface area contributed by atoms with E-state index in [4.69, 9.17) is 5.73 Å². The summed E-state index contributed by atoms with van der Waals surface area (Å²) in [5.74, 6) is 0.657. The molecule has 2 aromatic rings. The first-order valence-electron chi connectivity index (χ1n) is 5.58. The molecule has 0 saturated heterocycles. The smallest absolute Gasteiger partial charge is 0.149 e. The Balaban J connectivity index is 2.11. The second kappa shape index (κ2) is 4.16. The van der Waals surface area contributed by atoms with Crippen LogP contribution in [0.4, 0.5) is 5.82 Å². The molecule has 0 bridgehead atoms. The predicted molar refractivity (Wildman–Crippen MR) is 71.1 cm³/mol. The van der Waals surface area contributed by atoms with Crippen molar-refractivity contribution >= 4 is 21.7 Å². The van der Waals surface area contributed by atoms with Crippen LogP contribution in [0.25, 0.3) is 5.69 Å². The number of nitrogen functional groups attached to an aromatic ring is 1. The normalized spacial score (nSPS) is 14.6. The van der Waals surface area contributed by atoms with E-state index in [2.05, 4.69) is 26.3 Å². The van der Waals surface area contributed by atoms with Crippen LogP contribution in [0.3, 0.4) is 0 Å². The van der Waals surface area contributed by atoms with Gasteiger partial charge < -0.3 is 11.1 Å². The molecule has 5 heteroatoms. The summed E-state index contributed by atoms with van der Waals surface area (Å²) in [5, 5.41) is 7.78. The van der Waals surface area contributed by atoms with Crippen molar-refractivity contribution in [3.63, 3.8) is 0 Å². The molecule has 3 rings (SSSR count). The third-order valence-corrected chi connectivity index (χ3v) is 3.57. The molecular formula is C12H13BrN4. The molecule has 1 aromatic heterocycles. The van der Waals surface area contributed by atoms with Gasteiger partial charge in [0.25, 0.3) is 0 Å². The zero-order valence-corrected chi connectivity index (χ0v) is 10.9. The van der Waals surface area contributed by atoms with Crippen molar-refractivity contribution < 1.29 is 0 Å². The Labute approximate surface area is 108 Å². The minimum atomic E-state index is 0.657. The Kier molecular flexibility index (Phi) is 2.64. The number of hydrogen-bond donors (Lipinski definition) is 2. The molecule has 4 nitrogen and oxygen atoms in total. The Morgan fingerprint density at radius 2 is 2.06 bits per heavy atom. The third kappa shape index (κ3) is 1.85. The Morgan fingerprint density at radius 1 is 1.29 bits per heavy atom. The predicted octanol–water partition coefficient (Wildman–Crippen LogP) is 1.86. The fourth-order valence-corrected chi connectivity index (χ4v) is 2.44. The molecule has 0 fully saturated rings.